The van der Waals surface area contributed by atoms with Crippen molar-refractivity contribution in [1.29, 1.82) is 0 Å². The smallest absolute Gasteiger partial charge is 0.126 e. The zero-order valence-corrected chi connectivity index (χ0v) is 8.18. The predicted octanol–water partition coefficient (Wildman–Crippen LogP) is 1.31. The Bertz CT molecular complexity index is 351. The van der Waals surface area contributed by atoms with E-state index in [4.69, 9.17) is 5.11 Å². The molecule has 1 atom stereocenters. The lowest BCUT2D eigenvalue weighted by Crippen LogP contribution is -2.33. The fraction of sp³-hybridized carbons (Fsp3) is 0.455. The molecule has 3 heteroatoms. The van der Waals surface area contributed by atoms with Gasteiger partial charge in [-0.25, -0.2) is 4.39 Å². The molecular formula is C11H14FNO. The third-order valence-electron chi connectivity index (χ3n) is 2.86. The lowest BCUT2D eigenvalue weighted by Gasteiger charge is -2.27. The van der Waals surface area contributed by atoms with Crippen molar-refractivity contribution in [3.63, 3.8) is 0 Å². The standard InChI is InChI=1S/C11H14FNO/c1-7-9(12)3-2-8-4-5-13-10(6-14)11(7)8/h2-3,10,13-14H,4-6H2,1H3. The maximum absolute atomic E-state index is 13.3. The summed E-state index contributed by atoms with van der Waals surface area (Å²) in [5, 5.41) is 12.3. The van der Waals surface area contributed by atoms with Crippen LogP contribution in [0.2, 0.25) is 0 Å². The molecule has 0 fully saturated rings. The number of aliphatic hydroxyl groups is 1. The van der Waals surface area contributed by atoms with Crippen molar-refractivity contribution in [2.24, 2.45) is 0 Å². The van der Waals surface area contributed by atoms with Crippen LogP contribution in [0.15, 0.2) is 12.1 Å². The number of hydrogen-bond donors (Lipinski definition) is 2. The van der Waals surface area contributed by atoms with Gasteiger partial charge in [-0.05, 0) is 42.6 Å². The van der Waals surface area contributed by atoms with Gasteiger partial charge in [0, 0.05) is 0 Å². The summed E-state index contributed by atoms with van der Waals surface area (Å²) >= 11 is 0. The minimum Gasteiger partial charge on any atom is -0.394 e. The van der Waals surface area contributed by atoms with Crippen molar-refractivity contribution in [1.82, 2.24) is 5.32 Å². The van der Waals surface area contributed by atoms with Crippen LogP contribution in [0, 0.1) is 12.7 Å². The normalized spacial score (nSPS) is 20.6. The van der Waals surface area contributed by atoms with Crippen molar-refractivity contribution in [2.75, 3.05) is 13.2 Å². The number of rotatable bonds is 1. The Labute approximate surface area is 82.8 Å². The number of fused-ring (bicyclic) bond motifs is 1. The van der Waals surface area contributed by atoms with Gasteiger partial charge in [0.2, 0.25) is 0 Å². The number of nitrogens with one attached hydrogen (secondary N) is 1. The third-order valence-corrected chi connectivity index (χ3v) is 2.86. The molecule has 2 rings (SSSR count). The molecule has 0 saturated heterocycles. The van der Waals surface area contributed by atoms with E-state index in [1.807, 2.05) is 6.07 Å². The van der Waals surface area contributed by atoms with Crippen LogP contribution in [0.4, 0.5) is 4.39 Å². The molecule has 76 valence electrons. The highest BCUT2D eigenvalue weighted by Gasteiger charge is 2.22. The average Bonchev–Trinajstić information content (AvgIpc) is 2.23. The molecule has 1 aromatic rings. The summed E-state index contributed by atoms with van der Waals surface area (Å²) in [5.74, 6) is -0.189. The van der Waals surface area contributed by atoms with Crippen molar-refractivity contribution >= 4 is 0 Å². The van der Waals surface area contributed by atoms with Gasteiger partial charge in [-0.3, -0.25) is 0 Å². The fourth-order valence-electron chi connectivity index (χ4n) is 2.10. The highest BCUT2D eigenvalue weighted by molar-refractivity contribution is 5.39. The number of hydrogen-bond acceptors (Lipinski definition) is 2. The first-order valence-electron chi connectivity index (χ1n) is 4.86. The van der Waals surface area contributed by atoms with Gasteiger partial charge in [-0.15, -0.1) is 0 Å². The maximum Gasteiger partial charge on any atom is 0.126 e. The second kappa shape index (κ2) is 3.67. The molecule has 0 spiro atoms. The van der Waals surface area contributed by atoms with Crippen LogP contribution in [0.3, 0.4) is 0 Å². The summed E-state index contributed by atoms with van der Waals surface area (Å²) in [6.07, 6.45) is 0.910. The lowest BCUT2D eigenvalue weighted by atomic mass is 9.90. The number of benzene rings is 1. The molecule has 0 bridgehead atoms. The monoisotopic (exact) mass is 195 g/mol. The van der Waals surface area contributed by atoms with E-state index in [1.165, 1.54) is 6.07 Å². The van der Waals surface area contributed by atoms with Crippen LogP contribution in [0.5, 0.6) is 0 Å². The average molecular weight is 195 g/mol. The van der Waals surface area contributed by atoms with Gasteiger partial charge in [0.05, 0.1) is 12.6 Å². The van der Waals surface area contributed by atoms with E-state index in [9.17, 15) is 4.39 Å². The van der Waals surface area contributed by atoms with Crippen LogP contribution >= 0.6 is 0 Å². The Morgan fingerprint density at radius 1 is 1.57 bits per heavy atom. The Kier molecular flexibility index (Phi) is 2.52. The molecule has 0 aliphatic carbocycles. The molecule has 2 N–H and O–H groups in total. The summed E-state index contributed by atoms with van der Waals surface area (Å²) in [6.45, 7) is 2.64. The molecule has 0 amide bonds. The molecule has 14 heavy (non-hydrogen) atoms. The Morgan fingerprint density at radius 3 is 3.07 bits per heavy atom. The van der Waals surface area contributed by atoms with E-state index in [-0.39, 0.29) is 18.5 Å². The first-order valence-corrected chi connectivity index (χ1v) is 4.86. The highest BCUT2D eigenvalue weighted by atomic mass is 19.1. The SMILES string of the molecule is Cc1c(F)ccc2c1C(CO)NCC2. The van der Waals surface area contributed by atoms with Crippen LogP contribution in [0.25, 0.3) is 0 Å². The van der Waals surface area contributed by atoms with Crippen LogP contribution in [0.1, 0.15) is 22.7 Å². The van der Waals surface area contributed by atoms with Gasteiger partial charge in [0.25, 0.3) is 0 Å². The van der Waals surface area contributed by atoms with E-state index >= 15 is 0 Å². The molecule has 2 nitrogen and oxygen atoms in total. The molecule has 0 saturated carbocycles. The molecule has 1 unspecified atom stereocenters. The molecule has 1 aromatic carbocycles. The van der Waals surface area contributed by atoms with E-state index in [0.717, 1.165) is 24.1 Å². The van der Waals surface area contributed by atoms with Crippen molar-refractivity contribution in [3.05, 3.63) is 34.6 Å². The molecule has 0 aromatic heterocycles. The second-order valence-corrected chi connectivity index (χ2v) is 3.68. The minimum absolute atomic E-state index is 0.0251. The fourth-order valence-corrected chi connectivity index (χ4v) is 2.10. The molecule has 1 aliphatic heterocycles. The zero-order chi connectivity index (χ0) is 10.1. The Morgan fingerprint density at radius 2 is 2.36 bits per heavy atom. The van der Waals surface area contributed by atoms with Crippen LogP contribution in [-0.2, 0) is 6.42 Å². The largest absolute Gasteiger partial charge is 0.394 e. The minimum atomic E-state index is -0.189. The van der Waals surface area contributed by atoms with Crippen LogP contribution in [-0.4, -0.2) is 18.3 Å². The number of aliphatic hydroxyl groups excluding tert-OH is 1. The van der Waals surface area contributed by atoms with Crippen molar-refractivity contribution < 1.29 is 9.50 Å². The summed E-state index contributed by atoms with van der Waals surface area (Å²) in [5.41, 5.74) is 2.76. The summed E-state index contributed by atoms with van der Waals surface area (Å²) in [7, 11) is 0. The summed E-state index contributed by atoms with van der Waals surface area (Å²) in [6, 6.07) is 3.23. The van der Waals surface area contributed by atoms with E-state index in [1.54, 1.807) is 6.92 Å². The first-order chi connectivity index (χ1) is 6.74. The quantitative estimate of drug-likeness (QED) is 0.708. The maximum atomic E-state index is 13.3. The van der Waals surface area contributed by atoms with Crippen LogP contribution < -0.4 is 5.32 Å². The summed E-state index contributed by atoms with van der Waals surface area (Å²) in [4.78, 5) is 0. The van der Waals surface area contributed by atoms with E-state index in [2.05, 4.69) is 5.32 Å². The van der Waals surface area contributed by atoms with Gasteiger partial charge in [0.1, 0.15) is 5.82 Å². The Hall–Kier alpha value is -0.930. The molecule has 1 aliphatic rings. The van der Waals surface area contributed by atoms with Gasteiger partial charge in [-0.1, -0.05) is 6.07 Å². The Balaban J connectivity index is 2.53. The van der Waals surface area contributed by atoms with E-state index in [0.29, 0.717) is 5.56 Å². The van der Waals surface area contributed by atoms with Crippen molar-refractivity contribution in [3.8, 4) is 0 Å². The van der Waals surface area contributed by atoms with Gasteiger partial charge < -0.3 is 10.4 Å². The molecular weight excluding hydrogens is 181 g/mol. The first kappa shape index (κ1) is 9.62. The van der Waals surface area contributed by atoms with E-state index < -0.39 is 0 Å². The van der Waals surface area contributed by atoms with Gasteiger partial charge in [0.15, 0.2) is 0 Å². The zero-order valence-electron chi connectivity index (χ0n) is 8.18. The second-order valence-electron chi connectivity index (χ2n) is 3.68. The number of halogens is 1. The summed E-state index contributed by atoms with van der Waals surface area (Å²) < 4.78 is 13.3. The molecule has 0 radical (unpaired) electrons. The predicted molar refractivity (Wildman–Crippen MR) is 52.7 cm³/mol. The molecule has 1 heterocycles. The van der Waals surface area contributed by atoms with Crippen molar-refractivity contribution in [2.45, 2.75) is 19.4 Å². The van der Waals surface area contributed by atoms with Gasteiger partial charge >= 0.3 is 0 Å². The third kappa shape index (κ3) is 1.42. The van der Waals surface area contributed by atoms with Gasteiger partial charge in [-0.2, -0.15) is 0 Å². The topological polar surface area (TPSA) is 32.3 Å². The lowest BCUT2D eigenvalue weighted by molar-refractivity contribution is 0.239. The highest BCUT2D eigenvalue weighted by Crippen LogP contribution is 2.27.